The molecule has 27 heavy (non-hydrogen) atoms. The van der Waals surface area contributed by atoms with Crippen LogP contribution in [-0.2, 0) is 14.6 Å². The van der Waals surface area contributed by atoms with E-state index in [-0.39, 0.29) is 33.2 Å². The molecule has 2 aromatic carbocycles. The Labute approximate surface area is 158 Å². The molecule has 0 saturated carbocycles. The van der Waals surface area contributed by atoms with Gasteiger partial charge in [0, 0.05) is 11.9 Å². The average molecular weight is 407 g/mol. The van der Waals surface area contributed by atoms with Crippen molar-refractivity contribution >= 4 is 33.2 Å². The van der Waals surface area contributed by atoms with E-state index in [0.29, 0.717) is 5.69 Å². The largest absolute Gasteiger partial charge is 0.411 e. The van der Waals surface area contributed by atoms with Gasteiger partial charge in [-0.05, 0) is 30.3 Å². The molecule has 0 radical (unpaired) electrons. The highest BCUT2D eigenvalue weighted by atomic mass is 32.2. The molecule has 0 unspecified atom stereocenters. The van der Waals surface area contributed by atoms with Gasteiger partial charge >= 0.3 is 0 Å². The van der Waals surface area contributed by atoms with E-state index in [1.807, 2.05) is 0 Å². The normalized spacial score (nSPS) is 11.3. The van der Waals surface area contributed by atoms with Crippen molar-refractivity contribution in [3.05, 3.63) is 54.3 Å². The predicted octanol–water partition coefficient (Wildman–Crippen LogP) is 3.01. The fourth-order valence-electron chi connectivity index (χ4n) is 2.14. The van der Waals surface area contributed by atoms with Crippen molar-refractivity contribution in [1.82, 2.24) is 10.2 Å². The summed E-state index contributed by atoms with van der Waals surface area (Å²) in [5.74, 6) is -0.878. The van der Waals surface area contributed by atoms with E-state index in [4.69, 9.17) is 4.42 Å². The first-order valence-electron chi connectivity index (χ1n) is 7.64. The van der Waals surface area contributed by atoms with Crippen LogP contribution in [-0.4, -0.2) is 36.5 Å². The van der Waals surface area contributed by atoms with E-state index in [0.717, 1.165) is 18.0 Å². The molecular weight excluding hydrogens is 393 g/mol. The lowest BCUT2D eigenvalue weighted by Crippen LogP contribution is -2.14. The van der Waals surface area contributed by atoms with Gasteiger partial charge in [-0.25, -0.2) is 12.8 Å². The Hall–Kier alpha value is -2.72. The quantitative estimate of drug-likeness (QED) is 0.627. The Morgan fingerprint density at radius 3 is 2.70 bits per heavy atom. The fraction of sp³-hybridized carbons (Fsp3) is 0.118. The number of halogens is 1. The topological polar surface area (TPSA) is 102 Å². The minimum absolute atomic E-state index is 0.0249. The van der Waals surface area contributed by atoms with Crippen molar-refractivity contribution in [2.45, 2.75) is 10.1 Å². The molecule has 140 valence electrons. The number of thioether (sulfide) groups is 1. The summed E-state index contributed by atoms with van der Waals surface area (Å²) in [4.78, 5) is 12.2. The third kappa shape index (κ3) is 4.92. The van der Waals surface area contributed by atoms with Gasteiger partial charge < -0.3 is 9.73 Å². The van der Waals surface area contributed by atoms with Crippen molar-refractivity contribution in [2.75, 3.05) is 17.3 Å². The second kappa shape index (κ2) is 7.89. The highest BCUT2D eigenvalue weighted by Crippen LogP contribution is 2.25. The molecule has 0 fully saturated rings. The summed E-state index contributed by atoms with van der Waals surface area (Å²) in [5, 5.41) is 10.3. The zero-order chi connectivity index (χ0) is 19.4. The number of anilines is 1. The number of carbonyl (C=O) groups excluding carboxylic acids is 1. The minimum atomic E-state index is -3.36. The van der Waals surface area contributed by atoms with E-state index in [2.05, 4.69) is 15.5 Å². The summed E-state index contributed by atoms with van der Waals surface area (Å²) in [6.07, 6.45) is 1.09. The molecule has 0 aliphatic rings. The molecule has 0 aliphatic heterocycles. The lowest BCUT2D eigenvalue weighted by molar-refractivity contribution is -0.113. The number of carbonyl (C=O) groups is 1. The molecule has 7 nitrogen and oxygen atoms in total. The Kier molecular flexibility index (Phi) is 5.57. The van der Waals surface area contributed by atoms with Crippen LogP contribution in [0.4, 0.5) is 10.1 Å². The zero-order valence-electron chi connectivity index (χ0n) is 14.0. The third-order valence-electron chi connectivity index (χ3n) is 3.38. The number of hydrogen-bond donors (Lipinski definition) is 1. The lowest BCUT2D eigenvalue weighted by atomic mass is 10.2. The van der Waals surface area contributed by atoms with Crippen LogP contribution in [0.3, 0.4) is 0 Å². The first-order chi connectivity index (χ1) is 12.8. The molecule has 0 spiro atoms. The second-order valence-corrected chi connectivity index (χ2v) is 8.43. The first-order valence-corrected chi connectivity index (χ1v) is 10.5. The summed E-state index contributed by atoms with van der Waals surface area (Å²) >= 11 is 0.986. The Morgan fingerprint density at radius 2 is 1.96 bits per heavy atom. The lowest BCUT2D eigenvalue weighted by Gasteiger charge is -2.05. The van der Waals surface area contributed by atoms with Crippen molar-refractivity contribution in [2.24, 2.45) is 0 Å². The highest BCUT2D eigenvalue weighted by Gasteiger charge is 2.14. The number of hydrogen-bond acceptors (Lipinski definition) is 7. The SMILES string of the molecule is CS(=O)(=O)c1cccc(NC(=O)CSc2nnc(-c3ccccc3F)o2)c1. The Balaban J connectivity index is 1.61. The summed E-state index contributed by atoms with van der Waals surface area (Å²) in [6, 6.07) is 11.9. The molecule has 1 N–H and O–H groups in total. The summed E-state index contributed by atoms with van der Waals surface area (Å²) < 4.78 is 42.2. The van der Waals surface area contributed by atoms with Gasteiger partial charge in [0.1, 0.15) is 5.82 Å². The fourth-order valence-corrected chi connectivity index (χ4v) is 3.37. The summed E-state index contributed by atoms with van der Waals surface area (Å²) in [6.45, 7) is 0. The molecule has 1 aromatic heterocycles. The van der Waals surface area contributed by atoms with Gasteiger partial charge in [-0.2, -0.15) is 0 Å². The number of rotatable bonds is 6. The molecule has 0 atom stereocenters. The number of nitrogens with one attached hydrogen (secondary N) is 1. The monoisotopic (exact) mass is 407 g/mol. The van der Waals surface area contributed by atoms with Crippen LogP contribution in [0.25, 0.3) is 11.5 Å². The van der Waals surface area contributed by atoms with E-state index in [1.165, 1.54) is 30.3 Å². The average Bonchev–Trinajstić information content (AvgIpc) is 3.09. The molecule has 10 heteroatoms. The van der Waals surface area contributed by atoms with Gasteiger partial charge in [0.05, 0.1) is 16.2 Å². The van der Waals surface area contributed by atoms with E-state index < -0.39 is 15.7 Å². The van der Waals surface area contributed by atoms with Crippen molar-refractivity contribution in [1.29, 1.82) is 0 Å². The standard InChI is InChI=1S/C17H14FN3O4S2/c1-27(23,24)12-6-4-5-11(9-12)19-15(22)10-26-17-21-20-16(25-17)13-7-2-3-8-14(13)18/h2-9H,10H2,1H3,(H,19,22). The molecule has 3 rings (SSSR count). The maximum absolute atomic E-state index is 13.7. The van der Waals surface area contributed by atoms with Crippen LogP contribution in [0.15, 0.2) is 63.1 Å². The first kappa shape index (κ1) is 19.1. The van der Waals surface area contributed by atoms with Crippen LogP contribution >= 0.6 is 11.8 Å². The number of amides is 1. The minimum Gasteiger partial charge on any atom is -0.411 e. The van der Waals surface area contributed by atoms with Crippen LogP contribution in [0.5, 0.6) is 0 Å². The van der Waals surface area contributed by atoms with Crippen molar-refractivity contribution in [3.8, 4) is 11.5 Å². The van der Waals surface area contributed by atoms with Crippen LogP contribution < -0.4 is 5.32 Å². The van der Waals surface area contributed by atoms with E-state index >= 15 is 0 Å². The molecule has 0 aliphatic carbocycles. The highest BCUT2D eigenvalue weighted by molar-refractivity contribution is 7.99. The molecular formula is C17H14FN3O4S2. The summed E-state index contributed by atoms with van der Waals surface area (Å²) in [7, 11) is -3.36. The van der Waals surface area contributed by atoms with Crippen LogP contribution in [0, 0.1) is 5.82 Å². The number of benzene rings is 2. The Bertz CT molecular complexity index is 1080. The zero-order valence-corrected chi connectivity index (χ0v) is 15.7. The van der Waals surface area contributed by atoms with Crippen molar-refractivity contribution < 1.29 is 22.0 Å². The van der Waals surface area contributed by atoms with Gasteiger partial charge in [0.15, 0.2) is 9.84 Å². The van der Waals surface area contributed by atoms with Gasteiger partial charge in [-0.3, -0.25) is 4.79 Å². The maximum Gasteiger partial charge on any atom is 0.277 e. The van der Waals surface area contributed by atoms with Gasteiger partial charge in [-0.15, -0.1) is 10.2 Å². The molecule has 0 saturated heterocycles. The molecule has 1 heterocycles. The molecule has 3 aromatic rings. The molecule has 1 amide bonds. The maximum atomic E-state index is 13.7. The molecule has 0 bridgehead atoms. The smallest absolute Gasteiger partial charge is 0.277 e. The Morgan fingerprint density at radius 1 is 1.19 bits per heavy atom. The predicted molar refractivity (Wildman–Crippen MR) is 98.6 cm³/mol. The van der Waals surface area contributed by atoms with Gasteiger partial charge in [0.2, 0.25) is 5.91 Å². The number of nitrogens with zero attached hydrogens (tertiary/aromatic N) is 2. The summed E-state index contributed by atoms with van der Waals surface area (Å²) in [5.41, 5.74) is 0.542. The van der Waals surface area contributed by atoms with E-state index in [1.54, 1.807) is 18.2 Å². The number of sulfone groups is 1. The van der Waals surface area contributed by atoms with Crippen molar-refractivity contribution in [3.63, 3.8) is 0 Å². The van der Waals surface area contributed by atoms with Gasteiger partial charge in [0.25, 0.3) is 11.1 Å². The van der Waals surface area contributed by atoms with Crippen LogP contribution in [0.2, 0.25) is 0 Å². The van der Waals surface area contributed by atoms with E-state index in [9.17, 15) is 17.6 Å². The number of aromatic nitrogens is 2. The van der Waals surface area contributed by atoms with Crippen LogP contribution in [0.1, 0.15) is 0 Å². The van der Waals surface area contributed by atoms with Gasteiger partial charge in [-0.1, -0.05) is 30.0 Å². The second-order valence-electron chi connectivity index (χ2n) is 5.49. The third-order valence-corrected chi connectivity index (χ3v) is 5.31.